The van der Waals surface area contributed by atoms with Crippen LogP contribution in [0.1, 0.15) is 12.6 Å². The van der Waals surface area contributed by atoms with E-state index in [-0.39, 0.29) is 27.1 Å². The summed E-state index contributed by atoms with van der Waals surface area (Å²) in [5, 5.41) is 2.36. The van der Waals surface area contributed by atoms with E-state index in [4.69, 9.17) is 4.74 Å². The molecule has 100 valence electrons. The van der Waals surface area contributed by atoms with Crippen LogP contribution in [0.5, 0.6) is 0 Å². The zero-order valence-electron chi connectivity index (χ0n) is 9.10. The fourth-order valence-corrected chi connectivity index (χ4v) is 3.08. The lowest BCUT2D eigenvalue weighted by Gasteiger charge is -2.35. The van der Waals surface area contributed by atoms with E-state index in [1.807, 2.05) is 0 Å². The third-order valence-corrected chi connectivity index (χ3v) is 4.39. The highest BCUT2D eigenvalue weighted by molar-refractivity contribution is 14.1. The number of aromatic nitrogens is 1. The van der Waals surface area contributed by atoms with Gasteiger partial charge in [0.1, 0.15) is 0 Å². The molecule has 0 unspecified atom stereocenters. The number of carbonyl (C=O) groups excluding carboxylic acids is 1. The van der Waals surface area contributed by atoms with Gasteiger partial charge in [-0.2, -0.15) is 13.2 Å². The van der Waals surface area contributed by atoms with Gasteiger partial charge < -0.3 is 10.1 Å². The molecule has 1 amide bonds. The van der Waals surface area contributed by atoms with Crippen molar-refractivity contribution in [2.45, 2.75) is 13.1 Å². The molecular formula is C9H8F3IN2O2S. The van der Waals surface area contributed by atoms with Crippen molar-refractivity contribution in [3.8, 4) is 0 Å². The molecule has 1 saturated heterocycles. The Bertz CT molecular complexity index is 485. The number of halogens is 4. The van der Waals surface area contributed by atoms with E-state index >= 15 is 0 Å². The Labute approximate surface area is 118 Å². The summed E-state index contributed by atoms with van der Waals surface area (Å²) < 4.78 is 42.5. The molecule has 1 fully saturated rings. The predicted molar refractivity (Wildman–Crippen MR) is 67.4 cm³/mol. The molecule has 1 aromatic heterocycles. The quantitative estimate of drug-likeness (QED) is 0.788. The van der Waals surface area contributed by atoms with Crippen LogP contribution in [-0.2, 0) is 15.7 Å². The first-order chi connectivity index (χ1) is 8.22. The van der Waals surface area contributed by atoms with Crippen LogP contribution in [0.15, 0.2) is 0 Å². The van der Waals surface area contributed by atoms with Gasteiger partial charge in [-0.25, -0.2) is 4.98 Å². The number of hydrogen-bond donors (Lipinski definition) is 1. The molecule has 4 nitrogen and oxygen atoms in total. The lowest BCUT2D eigenvalue weighted by atomic mass is 9.88. The lowest BCUT2D eigenvalue weighted by molar-refractivity contribution is -0.152. The second-order valence-electron chi connectivity index (χ2n) is 4.15. The van der Waals surface area contributed by atoms with Crippen molar-refractivity contribution in [3.63, 3.8) is 0 Å². The average molecular weight is 392 g/mol. The van der Waals surface area contributed by atoms with E-state index in [1.54, 1.807) is 29.5 Å². The topological polar surface area (TPSA) is 51.2 Å². The molecule has 1 aliphatic heterocycles. The van der Waals surface area contributed by atoms with Crippen molar-refractivity contribution in [3.05, 3.63) is 8.58 Å². The van der Waals surface area contributed by atoms with Gasteiger partial charge in [0.2, 0.25) is 5.91 Å². The van der Waals surface area contributed by atoms with Gasteiger partial charge in [0.15, 0.2) is 10.8 Å². The number of amides is 1. The Morgan fingerprint density at radius 2 is 2.17 bits per heavy atom. The maximum atomic E-state index is 12.5. The number of nitrogens with zero attached hydrogens (tertiary/aromatic N) is 1. The maximum absolute atomic E-state index is 12.5. The van der Waals surface area contributed by atoms with Gasteiger partial charge in [-0.05, 0) is 29.5 Å². The zero-order valence-corrected chi connectivity index (χ0v) is 12.1. The second-order valence-corrected chi connectivity index (χ2v) is 6.96. The van der Waals surface area contributed by atoms with Gasteiger partial charge in [-0.15, -0.1) is 0 Å². The van der Waals surface area contributed by atoms with E-state index in [2.05, 4.69) is 10.3 Å². The third-order valence-electron chi connectivity index (χ3n) is 2.46. The first-order valence-corrected chi connectivity index (χ1v) is 6.75. The van der Waals surface area contributed by atoms with E-state index in [0.29, 0.717) is 0 Å². The molecule has 2 heterocycles. The highest BCUT2D eigenvalue weighted by Crippen LogP contribution is 2.37. The molecule has 9 heteroatoms. The molecule has 18 heavy (non-hydrogen) atoms. The van der Waals surface area contributed by atoms with Crippen molar-refractivity contribution in [2.75, 3.05) is 18.5 Å². The molecular weight excluding hydrogens is 384 g/mol. The maximum Gasteiger partial charge on any atom is 0.435 e. The molecule has 1 aliphatic rings. The highest BCUT2D eigenvalue weighted by Gasteiger charge is 2.42. The van der Waals surface area contributed by atoms with Gasteiger partial charge in [-0.1, -0.05) is 11.3 Å². The Hall–Kier alpha value is -0.420. The van der Waals surface area contributed by atoms with E-state index in [9.17, 15) is 18.0 Å². The van der Waals surface area contributed by atoms with Gasteiger partial charge in [0.25, 0.3) is 0 Å². The predicted octanol–water partition coefficient (Wildman–Crippen LogP) is 2.74. The zero-order chi connectivity index (χ0) is 13.6. The van der Waals surface area contributed by atoms with E-state index in [1.165, 1.54) is 0 Å². The number of thiazole rings is 1. The summed E-state index contributed by atoms with van der Waals surface area (Å²) in [6.45, 7) is 2.23. The van der Waals surface area contributed by atoms with Crippen LogP contribution in [0.3, 0.4) is 0 Å². The molecule has 1 aromatic rings. The first-order valence-electron chi connectivity index (χ1n) is 4.85. The minimum absolute atomic E-state index is 0.00501. The number of alkyl halides is 3. The Morgan fingerprint density at radius 1 is 1.56 bits per heavy atom. The first kappa shape index (κ1) is 14.0. The molecule has 0 spiro atoms. The van der Waals surface area contributed by atoms with Crippen LogP contribution in [0.25, 0.3) is 0 Å². The number of anilines is 1. The Morgan fingerprint density at radius 3 is 2.56 bits per heavy atom. The van der Waals surface area contributed by atoms with Crippen LogP contribution in [0, 0.1) is 8.30 Å². The SMILES string of the molecule is CC1(C(=O)Nc2nc(C(F)(F)F)c(I)s2)COC1. The molecule has 0 aliphatic carbocycles. The van der Waals surface area contributed by atoms with Crippen LogP contribution < -0.4 is 5.32 Å². The summed E-state index contributed by atoms with van der Waals surface area (Å²) in [6, 6.07) is 0. The number of hydrogen-bond acceptors (Lipinski definition) is 4. The van der Waals surface area contributed by atoms with Crippen LogP contribution in [0.2, 0.25) is 0 Å². The van der Waals surface area contributed by atoms with Crippen molar-refractivity contribution in [1.82, 2.24) is 4.98 Å². The number of nitrogens with one attached hydrogen (secondary N) is 1. The summed E-state index contributed by atoms with van der Waals surface area (Å²) in [4.78, 5) is 15.2. The number of carbonyl (C=O) groups is 1. The van der Waals surface area contributed by atoms with Crippen molar-refractivity contribution in [2.24, 2.45) is 5.41 Å². The standard InChI is InChI=1S/C9H8F3IN2O2S/c1-8(2-17-3-8)6(16)15-7-14-4(5(13)18-7)9(10,11)12/h2-3H2,1H3,(H,14,15,16). The highest BCUT2D eigenvalue weighted by atomic mass is 127. The summed E-state index contributed by atoms with van der Waals surface area (Å²) >= 11 is 2.36. The monoisotopic (exact) mass is 392 g/mol. The lowest BCUT2D eigenvalue weighted by Crippen LogP contribution is -2.49. The second kappa shape index (κ2) is 4.60. The van der Waals surface area contributed by atoms with Gasteiger partial charge in [-0.3, -0.25) is 4.79 Å². The largest absolute Gasteiger partial charge is 0.435 e. The number of ether oxygens (including phenoxy) is 1. The van der Waals surface area contributed by atoms with Gasteiger partial charge >= 0.3 is 6.18 Å². The normalized spacial score (nSPS) is 18.3. The van der Waals surface area contributed by atoms with Crippen molar-refractivity contribution >= 4 is 45.0 Å². The molecule has 0 bridgehead atoms. The Kier molecular flexibility index (Phi) is 3.58. The third kappa shape index (κ3) is 2.62. The van der Waals surface area contributed by atoms with Gasteiger partial charge in [0.05, 0.1) is 21.5 Å². The molecule has 2 rings (SSSR count). The molecule has 0 radical (unpaired) electrons. The Balaban J connectivity index is 2.13. The number of rotatable bonds is 2. The van der Waals surface area contributed by atoms with Crippen molar-refractivity contribution < 1.29 is 22.7 Å². The van der Waals surface area contributed by atoms with E-state index in [0.717, 1.165) is 11.3 Å². The molecule has 0 aromatic carbocycles. The molecule has 0 saturated carbocycles. The van der Waals surface area contributed by atoms with E-state index < -0.39 is 17.3 Å². The van der Waals surface area contributed by atoms with Crippen molar-refractivity contribution in [1.29, 1.82) is 0 Å². The van der Waals surface area contributed by atoms with Crippen LogP contribution in [0.4, 0.5) is 18.3 Å². The average Bonchev–Trinajstić information content (AvgIpc) is 2.55. The molecule has 1 N–H and O–H groups in total. The fraction of sp³-hybridized carbons (Fsp3) is 0.556. The minimum Gasteiger partial charge on any atom is -0.379 e. The smallest absolute Gasteiger partial charge is 0.379 e. The minimum atomic E-state index is -4.50. The summed E-state index contributed by atoms with van der Waals surface area (Å²) in [5.74, 6) is -0.368. The summed E-state index contributed by atoms with van der Waals surface area (Å²) in [5.41, 5.74) is -1.63. The van der Waals surface area contributed by atoms with Crippen LogP contribution >= 0.6 is 33.9 Å². The molecule has 0 atom stereocenters. The fourth-order valence-electron chi connectivity index (χ4n) is 1.32. The summed E-state index contributed by atoms with van der Waals surface area (Å²) in [7, 11) is 0. The summed E-state index contributed by atoms with van der Waals surface area (Å²) in [6.07, 6.45) is -4.50. The van der Waals surface area contributed by atoms with Crippen LogP contribution in [-0.4, -0.2) is 24.1 Å². The van der Waals surface area contributed by atoms with Gasteiger partial charge in [0, 0.05) is 0 Å².